The second-order valence-corrected chi connectivity index (χ2v) is 16.1. The summed E-state index contributed by atoms with van der Waals surface area (Å²) in [6.45, 7) is 6.49. The van der Waals surface area contributed by atoms with Gasteiger partial charge in [0.05, 0.1) is 0 Å². The molecule has 0 spiro atoms. The zero-order valence-electron chi connectivity index (χ0n) is 38.5. The van der Waals surface area contributed by atoms with Crippen LogP contribution in [0.1, 0.15) is 226 Å². The van der Waals surface area contributed by atoms with Crippen molar-refractivity contribution in [3.05, 3.63) is 72.9 Å². The highest BCUT2D eigenvalue weighted by Crippen LogP contribution is 2.14. The van der Waals surface area contributed by atoms with E-state index in [9.17, 15) is 14.4 Å². The molecule has 0 aliphatic carbocycles. The van der Waals surface area contributed by atoms with Crippen molar-refractivity contribution in [2.24, 2.45) is 0 Å². The first kappa shape index (κ1) is 55.9. The molecule has 0 bridgehead atoms. The third kappa shape index (κ3) is 45.8. The molecule has 1 unspecified atom stereocenters. The van der Waals surface area contributed by atoms with E-state index in [0.29, 0.717) is 19.3 Å². The molecular formula is C53H90O6. The summed E-state index contributed by atoms with van der Waals surface area (Å²) in [5.74, 6) is -0.945. The Morgan fingerprint density at radius 3 is 1.07 bits per heavy atom. The first-order valence-electron chi connectivity index (χ1n) is 24.5. The van der Waals surface area contributed by atoms with Crippen LogP contribution in [-0.4, -0.2) is 37.2 Å². The summed E-state index contributed by atoms with van der Waals surface area (Å²) in [6, 6.07) is 0. The van der Waals surface area contributed by atoms with Crippen LogP contribution in [0.3, 0.4) is 0 Å². The van der Waals surface area contributed by atoms with Crippen LogP contribution in [0.25, 0.3) is 0 Å². The van der Waals surface area contributed by atoms with Crippen LogP contribution in [0, 0.1) is 0 Å². The van der Waals surface area contributed by atoms with Crippen molar-refractivity contribution in [1.29, 1.82) is 0 Å². The van der Waals surface area contributed by atoms with Gasteiger partial charge in [-0.2, -0.15) is 0 Å². The van der Waals surface area contributed by atoms with Crippen molar-refractivity contribution in [1.82, 2.24) is 0 Å². The zero-order chi connectivity index (χ0) is 43.0. The average Bonchev–Trinajstić information content (AvgIpc) is 3.23. The van der Waals surface area contributed by atoms with Gasteiger partial charge in [0.1, 0.15) is 13.2 Å². The molecule has 1 atom stereocenters. The number of rotatable bonds is 43. The van der Waals surface area contributed by atoms with Crippen molar-refractivity contribution in [2.75, 3.05) is 13.2 Å². The van der Waals surface area contributed by atoms with E-state index in [4.69, 9.17) is 14.2 Å². The Labute approximate surface area is 363 Å². The third-order valence-electron chi connectivity index (χ3n) is 10.3. The highest BCUT2D eigenvalue weighted by atomic mass is 16.6. The van der Waals surface area contributed by atoms with Gasteiger partial charge in [0.15, 0.2) is 6.10 Å². The quantitative estimate of drug-likeness (QED) is 0.0264. The minimum Gasteiger partial charge on any atom is -0.462 e. The van der Waals surface area contributed by atoms with Crippen molar-refractivity contribution in [3.8, 4) is 0 Å². The Morgan fingerprint density at radius 2 is 0.627 bits per heavy atom. The summed E-state index contributed by atoms with van der Waals surface area (Å²) in [6.07, 6.45) is 58.8. The second-order valence-electron chi connectivity index (χ2n) is 16.1. The Kier molecular flexibility index (Phi) is 45.0. The number of allylic oxidation sites excluding steroid dienone is 12. The summed E-state index contributed by atoms with van der Waals surface area (Å²) in [5, 5.41) is 0. The molecule has 0 N–H and O–H groups in total. The SMILES string of the molecule is CCCC/C=C\C=C/CCCCCC(=O)OCC(COC(=O)CCCCCCC\C=C/C=C\C=C/C=C\CCCCC)OC(=O)CCCCCCCCCCCCCC. The van der Waals surface area contributed by atoms with Crippen LogP contribution < -0.4 is 0 Å². The van der Waals surface area contributed by atoms with Crippen molar-refractivity contribution >= 4 is 17.9 Å². The van der Waals surface area contributed by atoms with E-state index < -0.39 is 6.10 Å². The van der Waals surface area contributed by atoms with Crippen LogP contribution in [0.4, 0.5) is 0 Å². The highest BCUT2D eigenvalue weighted by Gasteiger charge is 2.19. The molecule has 0 saturated carbocycles. The Bertz CT molecular complexity index is 1130. The van der Waals surface area contributed by atoms with E-state index in [1.165, 1.54) is 89.9 Å². The number of carbonyl (C=O) groups is 3. The normalized spacial score (nSPS) is 12.7. The van der Waals surface area contributed by atoms with E-state index in [1.54, 1.807) is 0 Å². The van der Waals surface area contributed by atoms with Crippen LogP contribution in [0.5, 0.6) is 0 Å². The van der Waals surface area contributed by atoms with Crippen molar-refractivity contribution in [2.45, 2.75) is 232 Å². The van der Waals surface area contributed by atoms with Gasteiger partial charge in [-0.1, -0.05) is 216 Å². The lowest BCUT2D eigenvalue weighted by atomic mass is 10.0. The summed E-state index contributed by atoms with van der Waals surface area (Å²) in [4.78, 5) is 37.8. The minimum atomic E-state index is -0.792. The fraction of sp³-hybridized carbons (Fsp3) is 0.717. The number of unbranched alkanes of at least 4 members (excludes halogenated alkanes) is 24. The number of esters is 3. The molecule has 0 aliphatic heterocycles. The van der Waals surface area contributed by atoms with Crippen LogP contribution in [-0.2, 0) is 28.6 Å². The fourth-order valence-electron chi connectivity index (χ4n) is 6.55. The standard InChI is InChI=1S/C53H90O6/c1-4-7-10-13-16-19-22-24-25-26-27-28-29-32-34-37-40-43-46-52(55)58-49-50(48-57-51(54)45-42-39-36-33-30-21-18-15-12-9-6-3)59-53(56)47-44-41-38-35-31-23-20-17-14-11-8-5-2/h15-16,18-19,21-22,24-28,30,50H,4-14,17,20,23,29,31-49H2,1-3H3/b18-15-,19-16-,24-22-,26-25-,28-27-,30-21-. The Hall–Kier alpha value is -3.15. The van der Waals surface area contributed by atoms with Crippen LogP contribution in [0.2, 0.25) is 0 Å². The molecule has 0 aromatic carbocycles. The molecule has 59 heavy (non-hydrogen) atoms. The van der Waals surface area contributed by atoms with E-state index >= 15 is 0 Å². The van der Waals surface area contributed by atoms with Crippen LogP contribution >= 0.6 is 0 Å². The third-order valence-corrected chi connectivity index (χ3v) is 10.3. The maximum absolute atomic E-state index is 12.7. The molecular weight excluding hydrogens is 733 g/mol. The average molecular weight is 823 g/mol. The number of carbonyl (C=O) groups excluding carboxylic acids is 3. The van der Waals surface area contributed by atoms with Crippen molar-refractivity contribution < 1.29 is 28.6 Å². The predicted octanol–water partition coefficient (Wildman–Crippen LogP) is 15.9. The van der Waals surface area contributed by atoms with E-state index in [-0.39, 0.29) is 31.1 Å². The topological polar surface area (TPSA) is 78.9 Å². The lowest BCUT2D eigenvalue weighted by Gasteiger charge is -2.18. The molecule has 0 aromatic rings. The van der Waals surface area contributed by atoms with E-state index in [0.717, 1.165) is 96.3 Å². The number of hydrogen-bond acceptors (Lipinski definition) is 6. The lowest BCUT2D eigenvalue weighted by molar-refractivity contribution is -0.167. The van der Waals surface area contributed by atoms with E-state index in [2.05, 4.69) is 93.7 Å². The van der Waals surface area contributed by atoms with Gasteiger partial charge < -0.3 is 14.2 Å². The lowest BCUT2D eigenvalue weighted by Crippen LogP contribution is -2.30. The zero-order valence-corrected chi connectivity index (χ0v) is 38.5. The van der Waals surface area contributed by atoms with Gasteiger partial charge in [0.25, 0.3) is 0 Å². The maximum atomic E-state index is 12.7. The summed E-state index contributed by atoms with van der Waals surface area (Å²) < 4.78 is 16.7. The molecule has 0 aliphatic rings. The molecule has 0 saturated heterocycles. The molecule has 6 nitrogen and oxygen atoms in total. The van der Waals surface area contributed by atoms with Gasteiger partial charge in [-0.25, -0.2) is 0 Å². The van der Waals surface area contributed by atoms with Gasteiger partial charge in [0, 0.05) is 19.3 Å². The second kappa shape index (κ2) is 47.5. The molecule has 0 heterocycles. The minimum absolute atomic E-state index is 0.0954. The first-order valence-corrected chi connectivity index (χ1v) is 24.5. The molecule has 0 aromatic heterocycles. The van der Waals surface area contributed by atoms with Crippen LogP contribution in [0.15, 0.2) is 72.9 Å². The van der Waals surface area contributed by atoms with Gasteiger partial charge >= 0.3 is 17.9 Å². The van der Waals surface area contributed by atoms with Gasteiger partial charge in [-0.3, -0.25) is 14.4 Å². The highest BCUT2D eigenvalue weighted by molar-refractivity contribution is 5.71. The van der Waals surface area contributed by atoms with Gasteiger partial charge in [0.2, 0.25) is 0 Å². The molecule has 0 rings (SSSR count). The van der Waals surface area contributed by atoms with Gasteiger partial charge in [-0.15, -0.1) is 0 Å². The van der Waals surface area contributed by atoms with E-state index in [1.807, 2.05) is 0 Å². The first-order chi connectivity index (χ1) is 29.0. The Balaban J connectivity index is 4.43. The van der Waals surface area contributed by atoms with Crippen molar-refractivity contribution in [3.63, 3.8) is 0 Å². The summed E-state index contributed by atoms with van der Waals surface area (Å²) in [5.41, 5.74) is 0. The molecule has 0 amide bonds. The Morgan fingerprint density at radius 1 is 0.339 bits per heavy atom. The largest absolute Gasteiger partial charge is 0.462 e. The maximum Gasteiger partial charge on any atom is 0.306 e. The molecule has 338 valence electrons. The van der Waals surface area contributed by atoms with Gasteiger partial charge in [-0.05, 0) is 64.2 Å². The summed E-state index contributed by atoms with van der Waals surface area (Å²) in [7, 11) is 0. The summed E-state index contributed by atoms with van der Waals surface area (Å²) >= 11 is 0. The monoisotopic (exact) mass is 823 g/mol. The molecule has 0 radical (unpaired) electrons. The fourth-order valence-corrected chi connectivity index (χ4v) is 6.55. The number of ether oxygens (including phenoxy) is 3. The predicted molar refractivity (Wildman–Crippen MR) is 251 cm³/mol. The molecule has 0 fully saturated rings. The number of hydrogen-bond donors (Lipinski definition) is 0. The molecule has 6 heteroatoms. The smallest absolute Gasteiger partial charge is 0.306 e.